The molecule has 31 heavy (non-hydrogen) atoms. The first-order chi connectivity index (χ1) is 15.2. The Balaban J connectivity index is 1.79. The van der Waals surface area contributed by atoms with Crippen molar-refractivity contribution in [1.29, 1.82) is 0 Å². The average Bonchev–Trinajstić information content (AvgIpc) is 2.85. The Morgan fingerprint density at radius 2 is 1.19 bits per heavy atom. The first-order valence-electron chi connectivity index (χ1n) is 10.8. The number of hydrogen-bond donors (Lipinski definition) is 0. The average molecular weight is 409 g/mol. The first-order valence-corrected chi connectivity index (χ1v) is 10.8. The molecule has 0 amide bonds. The number of hydrogen-bond acceptors (Lipinski definition) is 3. The van der Waals surface area contributed by atoms with E-state index >= 15 is 0 Å². The molecule has 0 atom stereocenters. The number of anilines is 1. The van der Waals surface area contributed by atoms with Crippen LogP contribution in [0.4, 0.5) is 5.69 Å². The van der Waals surface area contributed by atoms with Gasteiger partial charge < -0.3 is 9.64 Å². The van der Waals surface area contributed by atoms with Crippen LogP contribution in [0.15, 0.2) is 91.0 Å². The highest BCUT2D eigenvalue weighted by Crippen LogP contribution is 2.31. The van der Waals surface area contributed by atoms with Crippen LogP contribution in [0.1, 0.15) is 13.8 Å². The van der Waals surface area contributed by atoms with Crippen molar-refractivity contribution >= 4 is 5.69 Å². The Morgan fingerprint density at radius 1 is 0.645 bits per heavy atom. The summed E-state index contributed by atoms with van der Waals surface area (Å²) in [6.45, 7) is 6.39. The van der Waals surface area contributed by atoms with Gasteiger partial charge in [0.15, 0.2) is 0 Å². The molecule has 0 unspecified atom stereocenters. The summed E-state index contributed by atoms with van der Waals surface area (Å²) in [6, 6.07) is 31.6. The van der Waals surface area contributed by atoms with E-state index in [4.69, 9.17) is 9.72 Å². The van der Waals surface area contributed by atoms with Crippen molar-refractivity contribution in [2.45, 2.75) is 13.8 Å². The third-order valence-corrected chi connectivity index (χ3v) is 5.61. The van der Waals surface area contributed by atoms with Crippen LogP contribution in [0.25, 0.3) is 33.6 Å². The van der Waals surface area contributed by atoms with Crippen molar-refractivity contribution in [1.82, 2.24) is 4.98 Å². The summed E-state index contributed by atoms with van der Waals surface area (Å²) >= 11 is 0. The molecule has 0 radical (unpaired) electrons. The maximum absolute atomic E-state index is 5.32. The molecule has 1 aromatic heterocycles. The fourth-order valence-electron chi connectivity index (χ4n) is 3.82. The summed E-state index contributed by atoms with van der Waals surface area (Å²) in [5.74, 6) is 0.843. The Labute approximate surface area is 185 Å². The quantitative estimate of drug-likeness (QED) is 0.331. The lowest BCUT2D eigenvalue weighted by atomic mass is 9.99. The molecule has 1 heterocycles. The van der Waals surface area contributed by atoms with Gasteiger partial charge in [-0.25, -0.2) is 4.98 Å². The van der Waals surface area contributed by atoms with Crippen LogP contribution in [0.2, 0.25) is 0 Å². The second-order valence-electron chi connectivity index (χ2n) is 7.44. The van der Waals surface area contributed by atoms with Crippen LogP contribution in [-0.2, 0) is 0 Å². The van der Waals surface area contributed by atoms with Crippen LogP contribution in [0.3, 0.4) is 0 Å². The van der Waals surface area contributed by atoms with Crippen molar-refractivity contribution in [3.05, 3.63) is 91.0 Å². The summed E-state index contributed by atoms with van der Waals surface area (Å²) in [4.78, 5) is 7.33. The molecule has 0 spiro atoms. The number of ether oxygens (including phenoxy) is 1. The SMILES string of the molecule is CCN(CC)c1ccc(-c2cc(-c3ccccc3)nc(-c3ccc(OC)cc3)c2)cc1. The molecule has 0 aliphatic heterocycles. The van der Waals surface area contributed by atoms with E-state index < -0.39 is 0 Å². The molecule has 3 nitrogen and oxygen atoms in total. The minimum atomic E-state index is 0.843. The molecule has 0 saturated heterocycles. The predicted molar refractivity (Wildman–Crippen MR) is 131 cm³/mol. The summed E-state index contributed by atoms with van der Waals surface area (Å²) in [6.07, 6.45) is 0. The van der Waals surface area contributed by atoms with E-state index in [9.17, 15) is 0 Å². The van der Waals surface area contributed by atoms with Gasteiger partial charge >= 0.3 is 0 Å². The van der Waals surface area contributed by atoms with Crippen LogP contribution < -0.4 is 9.64 Å². The molecule has 0 aliphatic carbocycles. The van der Waals surface area contributed by atoms with Crippen molar-refractivity contribution in [2.75, 3.05) is 25.1 Å². The van der Waals surface area contributed by atoms with Crippen LogP contribution in [0.5, 0.6) is 5.75 Å². The molecule has 156 valence electrons. The van der Waals surface area contributed by atoms with Crippen LogP contribution in [0, 0.1) is 0 Å². The number of aromatic nitrogens is 1. The standard InChI is InChI=1S/C28H28N2O/c1-4-30(5-2)25-15-11-21(12-16-25)24-19-27(22-9-7-6-8-10-22)29-28(20-24)23-13-17-26(31-3)18-14-23/h6-20H,4-5H2,1-3H3. The van der Waals surface area contributed by atoms with Crippen molar-refractivity contribution in [3.63, 3.8) is 0 Å². The lowest BCUT2D eigenvalue weighted by Crippen LogP contribution is -2.21. The smallest absolute Gasteiger partial charge is 0.118 e. The maximum Gasteiger partial charge on any atom is 0.118 e. The van der Waals surface area contributed by atoms with Gasteiger partial charge in [-0.2, -0.15) is 0 Å². The molecule has 0 aliphatic rings. The van der Waals surface area contributed by atoms with Crippen LogP contribution in [-0.4, -0.2) is 25.2 Å². The van der Waals surface area contributed by atoms with Gasteiger partial charge in [-0.3, -0.25) is 0 Å². The highest BCUT2D eigenvalue weighted by molar-refractivity contribution is 5.77. The van der Waals surface area contributed by atoms with Crippen LogP contribution >= 0.6 is 0 Å². The Morgan fingerprint density at radius 3 is 1.74 bits per heavy atom. The van der Waals surface area contributed by atoms with Crippen molar-refractivity contribution in [3.8, 4) is 39.4 Å². The van der Waals surface area contributed by atoms with Gasteiger partial charge in [0, 0.05) is 29.9 Å². The highest BCUT2D eigenvalue weighted by Gasteiger charge is 2.10. The van der Waals surface area contributed by atoms with E-state index in [2.05, 4.69) is 91.5 Å². The zero-order valence-electron chi connectivity index (χ0n) is 18.4. The topological polar surface area (TPSA) is 25.4 Å². The lowest BCUT2D eigenvalue weighted by molar-refractivity contribution is 0.415. The predicted octanol–water partition coefficient (Wildman–Crippen LogP) is 6.94. The normalized spacial score (nSPS) is 10.7. The number of rotatable bonds is 7. The maximum atomic E-state index is 5.32. The second kappa shape index (κ2) is 9.48. The minimum absolute atomic E-state index is 0.843. The number of nitrogens with zero attached hydrogens (tertiary/aromatic N) is 2. The van der Waals surface area contributed by atoms with Gasteiger partial charge in [0.25, 0.3) is 0 Å². The Bertz CT molecular complexity index is 1120. The first kappa shape index (κ1) is 20.7. The minimum Gasteiger partial charge on any atom is -0.497 e. The number of pyridine rings is 1. The van der Waals surface area contributed by atoms with Gasteiger partial charge in [-0.05, 0) is 73.5 Å². The molecule has 3 heteroatoms. The number of benzene rings is 3. The summed E-state index contributed by atoms with van der Waals surface area (Å²) in [5.41, 5.74) is 7.69. The molecule has 0 saturated carbocycles. The third kappa shape index (κ3) is 4.61. The summed E-state index contributed by atoms with van der Waals surface area (Å²) < 4.78 is 5.32. The zero-order valence-corrected chi connectivity index (χ0v) is 18.4. The summed E-state index contributed by atoms with van der Waals surface area (Å²) in [5, 5.41) is 0. The molecule has 0 fully saturated rings. The fraction of sp³-hybridized carbons (Fsp3) is 0.179. The zero-order chi connectivity index (χ0) is 21.6. The molecule has 0 N–H and O–H groups in total. The highest BCUT2D eigenvalue weighted by atomic mass is 16.5. The second-order valence-corrected chi connectivity index (χ2v) is 7.44. The van der Waals surface area contributed by atoms with E-state index in [1.54, 1.807) is 7.11 Å². The summed E-state index contributed by atoms with van der Waals surface area (Å²) in [7, 11) is 1.68. The number of methoxy groups -OCH3 is 1. The van der Waals surface area contributed by atoms with E-state index in [0.717, 1.165) is 46.9 Å². The van der Waals surface area contributed by atoms with E-state index in [1.165, 1.54) is 11.3 Å². The molecule has 4 aromatic rings. The lowest BCUT2D eigenvalue weighted by Gasteiger charge is -2.21. The fourth-order valence-corrected chi connectivity index (χ4v) is 3.82. The Hall–Kier alpha value is -3.59. The largest absolute Gasteiger partial charge is 0.497 e. The molecule has 4 rings (SSSR count). The molecular weight excluding hydrogens is 380 g/mol. The van der Waals surface area contributed by atoms with Gasteiger partial charge in [0.1, 0.15) is 5.75 Å². The van der Waals surface area contributed by atoms with Crippen molar-refractivity contribution < 1.29 is 4.74 Å². The van der Waals surface area contributed by atoms with Gasteiger partial charge in [-0.1, -0.05) is 42.5 Å². The van der Waals surface area contributed by atoms with Gasteiger partial charge in [-0.15, -0.1) is 0 Å². The molecule has 0 bridgehead atoms. The van der Waals surface area contributed by atoms with Gasteiger partial charge in [0.2, 0.25) is 0 Å². The van der Waals surface area contributed by atoms with Gasteiger partial charge in [0.05, 0.1) is 18.5 Å². The van der Waals surface area contributed by atoms with E-state index in [-0.39, 0.29) is 0 Å². The molecule has 3 aromatic carbocycles. The third-order valence-electron chi connectivity index (χ3n) is 5.61. The van der Waals surface area contributed by atoms with E-state index in [1.807, 2.05) is 18.2 Å². The monoisotopic (exact) mass is 408 g/mol. The van der Waals surface area contributed by atoms with Crippen molar-refractivity contribution in [2.24, 2.45) is 0 Å². The Kier molecular flexibility index (Phi) is 6.32. The van der Waals surface area contributed by atoms with E-state index in [0.29, 0.717) is 0 Å². The molecular formula is C28H28N2O.